The van der Waals surface area contributed by atoms with Gasteiger partial charge in [-0.25, -0.2) is 12.8 Å². The van der Waals surface area contributed by atoms with E-state index in [4.69, 9.17) is 16.1 Å². The number of halogens is 5. The van der Waals surface area contributed by atoms with E-state index in [9.17, 15) is 26.0 Å². The summed E-state index contributed by atoms with van der Waals surface area (Å²) in [6.45, 7) is 0. The van der Waals surface area contributed by atoms with Gasteiger partial charge in [-0.2, -0.15) is 18.2 Å². The van der Waals surface area contributed by atoms with Crippen molar-refractivity contribution in [3.8, 4) is 11.4 Å². The Morgan fingerprint density at radius 1 is 1.10 bits per heavy atom. The number of hydrogen-bond donors (Lipinski definition) is 0. The molecule has 0 saturated heterocycles. The zero-order valence-corrected chi connectivity index (χ0v) is 16.9. The molecule has 0 radical (unpaired) electrons. The Morgan fingerprint density at radius 2 is 1.87 bits per heavy atom. The molecule has 0 aliphatic carbocycles. The lowest BCUT2D eigenvalue weighted by molar-refractivity contribution is -0.137. The summed E-state index contributed by atoms with van der Waals surface area (Å²) in [4.78, 5) is 4.03. The lowest BCUT2D eigenvalue weighted by Gasteiger charge is -2.06. The topological polar surface area (TPSA) is 73.1 Å². The zero-order valence-electron chi connectivity index (χ0n) is 15.3. The molecule has 11 heteroatoms. The fourth-order valence-electron chi connectivity index (χ4n) is 2.70. The Hall–Kier alpha value is -2.46. The summed E-state index contributed by atoms with van der Waals surface area (Å²) in [5.41, 5.74) is -0.405. The van der Waals surface area contributed by atoms with Crippen LogP contribution >= 0.6 is 11.6 Å². The molecule has 1 aromatic heterocycles. The third kappa shape index (κ3) is 5.79. The van der Waals surface area contributed by atoms with Crippen molar-refractivity contribution in [1.82, 2.24) is 10.1 Å². The van der Waals surface area contributed by atoms with Crippen LogP contribution in [0.1, 0.15) is 23.4 Å². The lowest BCUT2D eigenvalue weighted by Crippen LogP contribution is -2.10. The van der Waals surface area contributed by atoms with Gasteiger partial charge in [-0.05, 0) is 36.2 Å². The maximum atomic E-state index is 13.1. The highest BCUT2D eigenvalue weighted by molar-refractivity contribution is 7.90. The third-order valence-electron chi connectivity index (χ3n) is 4.15. The van der Waals surface area contributed by atoms with Gasteiger partial charge >= 0.3 is 6.18 Å². The fraction of sp³-hybridized carbons (Fsp3) is 0.263. The van der Waals surface area contributed by atoms with Crippen molar-refractivity contribution in [3.63, 3.8) is 0 Å². The van der Waals surface area contributed by atoms with E-state index in [2.05, 4.69) is 10.1 Å². The first-order valence-electron chi connectivity index (χ1n) is 8.68. The van der Waals surface area contributed by atoms with Crippen LogP contribution in [-0.2, 0) is 28.2 Å². The summed E-state index contributed by atoms with van der Waals surface area (Å²) < 4.78 is 81.1. The molecule has 3 rings (SSSR count). The molecule has 3 aromatic rings. The van der Waals surface area contributed by atoms with Gasteiger partial charge in [0, 0.05) is 17.0 Å². The second kappa shape index (κ2) is 8.73. The van der Waals surface area contributed by atoms with E-state index < -0.39 is 27.4 Å². The van der Waals surface area contributed by atoms with E-state index in [0.717, 1.165) is 24.3 Å². The van der Waals surface area contributed by atoms with Crippen molar-refractivity contribution in [2.75, 3.05) is 5.75 Å². The molecular formula is C19H15ClF4N2O3S. The van der Waals surface area contributed by atoms with Crippen molar-refractivity contribution in [1.29, 1.82) is 0 Å². The van der Waals surface area contributed by atoms with Gasteiger partial charge in [0.15, 0.2) is 9.84 Å². The highest BCUT2D eigenvalue weighted by atomic mass is 35.5. The summed E-state index contributed by atoms with van der Waals surface area (Å²) in [5, 5.41) is 3.69. The van der Waals surface area contributed by atoms with Crippen LogP contribution in [0.4, 0.5) is 17.6 Å². The van der Waals surface area contributed by atoms with Gasteiger partial charge in [-0.1, -0.05) is 35.0 Å². The van der Waals surface area contributed by atoms with Gasteiger partial charge in [0.25, 0.3) is 0 Å². The molecular weight excluding hydrogens is 448 g/mol. The molecule has 0 spiro atoms. The number of aromatic nitrogens is 2. The number of rotatable bonds is 7. The second-order valence-electron chi connectivity index (χ2n) is 6.52. The van der Waals surface area contributed by atoms with Gasteiger partial charge in [0.05, 0.1) is 17.1 Å². The smallest absolute Gasteiger partial charge is 0.339 e. The molecule has 0 amide bonds. The van der Waals surface area contributed by atoms with E-state index in [1.165, 1.54) is 18.2 Å². The Kier molecular flexibility index (Phi) is 6.47. The number of alkyl halides is 3. The lowest BCUT2D eigenvalue weighted by atomic mass is 10.1. The number of hydrogen-bond acceptors (Lipinski definition) is 5. The van der Waals surface area contributed by atoms with Gasteiger partial charge in [0.1, 0.15) is 5.82 Å². The predicted molar refractivity (Wildman–Crippen MR) is 102 cm³/mol. The van der Waals surface area contributed by atoms with Crippen molar-refractivity contribution < 1.29 is 30.5 Å². The highest BCUT2D eigenvalue weighted by Gasteiger charge is 2.30. The number of aryl methyl sites for hydroxylation is 1. The minimum atomic E-state index is -4.50. The van der Waals surface area contributed by atoms with E-state index in [1.807, 2.05) is 0 Å². The van der Waals surface area contributed by atoms with Crippen LogP contribution in [0.5, 0.6) is 0 Å². The molecule has 0 bridgehead atoms. The van der Waals surface area contributed by atoms with Crippen molar-refractivity contribution in [2.45, 2.75) is 24.8 Å². The third-order valence-corrected chi connectivity index (χ3v) is 6.17. The first-order chi connectivity index (χ1) is 14.0. The van der Waals surface area contributed by atoms with E-state index >= 15 is 0 Å². The summed E-state index contributed by atoms with van der Waals surface area (Å²) in [6.07, 6.45) is -4.21. The molecule has 30 heavy (non-hydrogen) atoms. The largest absolute Gasteiger partial charge is 0.416 e. The van der Waals surface area contributed by atoms with Crippen LogP contribution in [0.3, 0.4) is 0 Å². The molecule has 0 aliphatic rings. The monoisotopic (exact) mass is 462 g/mol. The molecule has 0 unspecified atom stereocenters. The quantitative estimate of drug-likeness (QED) is 0.457. The molecule has 1 heterocycles. The summed E-state index contributed by atoms with van der Waals surface area (Å²) in [6, 6.07) is 7.98. The molecule has 0 atom stereocenters. The van der Waals surface area contributed by atoms with Gasteiger partial charge < -0.3 is 4.52 Å². The zero-order chi connectivity index (χ0) is 21.9. The Balaban J connectivity index is 1.60. The number of benzene rings is 2. The average Bonchev–Trinajstić information content (AvgIpc) is 3.12. The molecule has 0 aliphatic heterocycles. The van der Waals surface area contributed by atoms with E-state index in [-0.39, 0.29) is 46.6 Å². The molecule has 2 aromatic carbocycles. The Labute approximate surface area is 174 Å². The SMILES string of the molecule is O=S(=O)(CCCc1nc(-c2cccc(C(F)(F)F)c2)no1)Cc1ccc(F)cc1Cl. The summed E-state index contributed by atoms with van der Waals surface area (Å²) in [7, 11) is -3.53. The van der Waals surface area contributed by atoms with Crippen LogP contribution in [0.15, 0.2) is 47.0 Å². The van der Waals surface area contributed by atoms with E-state index in [0.29, 0.717) is 5.56 Å². The van der Waals surface area contributed by atoms with E-state index in [1.54, 1.807) is 0 Å². The molecule has 0 fully saturated rings. The Bertz CT molecular complexity index is 1150. The average molecular weight is 463 g/mol. The first kappa shape index (κ1) is 22.2. The van der Waals surface area contributed by atoms with Gasteiger partial charge in [0.2, 0.25) is 11.7 Å². The van der Waals surface area contributed by atoms with Crippen LogP contribution in [0, 0.1) is 5.82 Å². The number of nitrogens with zero attached hydrogens (tertiary/aromatic N) is 2. The summed E-state index contributed by atoms with van der Waals surface area (Å²) >= 11 is 5.86. The standard InChI is InChI=1S/C19H15ClF4N2O3S/c20-16-10-15(21)7-6-13(16)11-30(27,28)8-2-5-17-25-18(26-29-17)12-3-1-4-14(9-12)19(22,23)24/h1,3-4,6-7,9-10H,2,5,8,11H2. The van der Waals surface area contributed by atoms with Crippen molar-refractivity contribution in [2.24, 2.45) is 0 Å². The highest BCUT2D eigenvalue weighted by Crippen LogP contribution is 2.31. The van der Waals surface area contributed by atoms with Crippen LogP contribution in [-0.4, -0.2) is 24.3 Å². The minimum absolute atomic E-state index is 0.0166. The minimum Gasteiger partial charge on any atom is -0.339 e. The Morgan fingerprint density at radius 3 is 2.57 bits per heavy atom. The predicted octanol–water partition coefficient (Wildman–Crippen LogP) is 5.10. The van der Waals surface area contributed by atoms with Crippen molar-refractivity contribution in [3.05, 3.63) is 70.3 Å². The number of sulfone groups is 1. The molecule has 160 valence electrons. The summed E-state index contributed by atoms with van der Waals surface area (Å²) in [5.74, 6) is -1.02. The second-order valence-corrected chi connectivity index (χ2v) is 9.11. The molecule has 0 saturated carbocycles. The maximum Gasteiger partial charge on any atom is 0.416 e. The van der Waals surface area contributed by atoms with Crippen LogP contribution in [0.25, 0.3) is 11.4 Å². The normalized spacial score (nSPS) is 12.3. The van der Waals surface area contributed by atoms with Crippen molar-refractivity contribution >= 4 is 21.4 Å². The first-order valence-corrected chi connectivity index (χ1v) is 10.9. The molecule has 0 N–H and O–H groups in total. The van der Waals surface area contributed by atoms with Crippen LogP contribution < -0.4 is 0 Å². The fourth-order valence-corrected chi connectivity index (χ4v) is 4.47. The van der Waals surface area contributed by atoms with Gasteiger partial charge in [-0.15, -0.1) is 0 Å². The molecule has 5 nitrogen and oxygen atoms in total. The van der Waals surface area contributed by atoms with Crippen LogP contribution in [0.2, 0.25) is 5.02 Å². The maximum absolute atomic E-state index is 13.1. The van der Waals surface area contributed by atoms with Gasteiger partial charge in [-0.3, -0.25) is 0 Å².